The fourth-order valence-corrected chi connectivity index (χ4v) is 0.989. The number of ether oxygens (including phenoxy) is 1. The molecule has 0 aliphatic heterocycles. The van der Waals surface area contributed by atoms with Crippen LogP contribution in [0.25, 0.3) is 0 Å². The molecule has 1 rings (SSSR count). The molecule has 0 heterocycles. The van der Waals surface area contributed by atoms with Crippen molar-refractivity contribution in [3.8, 4) is 5.75 Å². The van der Waals surface area contributed by atoms with E-state index in [0.717, 1.165) is 5.56 Å². The lowest BCUT2D eigenvalue weighted by molar-refractivity contribution is -0.177. The van der Waals surface area contributed by atoms with Gasteiger partial charge >= 0.3 is 6.09 Å². The lowest BCUT2D eigenvalue weighted by Gasteiger charge is -2.04. The Balaban J connectivity index is 2.54. The van der Waals surface area contributed by atoms with Crippen molar-refractivity contribution in [3.63, 3.8) is 0 Å². The van der Waals surface area contributed by atoms with Gasteiger partial charge in [0.25, 0.3) is 0 Å². The molecule has 14 heavy (non-hydrogen) atoms. The Hall–Kier alpha value is -1.75. The van der Waals surface area contributed by atoms with Gasteiger partial charge in [-0.25, -0.2) is 4.79 Å². The molecular weight excluding hydrogens is 186 g/mol. The Kier molecular flexibility index (Phi) is 3.75. The van der Waals surface area contributed by atoms with Crippen LogP contribution in [0.4, 0.5) is 4.79 Å². The van der Waals surface area contributed by atoms with Crippen LogP contribution >= 0.6 is 0 Å². The summed E-state index contributed by atoms with van der Waals surface area (Å²) in [4.78, 5) is 14.0. The van der Waals surface area contributed by atoms with Gasteiger partial charge in [-0.1, -0.05) is 12.1 Å². The minimum atomic E-state index is -0.882. The molecule has 0 saturated heterocycles. The van der Waals surface area contributed by atoms with E-state index in [-0.39, 0.29) is 6.54 Å². The fraction of sp³-hybridized carbons (Fsp3) is 0.222. The van der Waals surface area contributed by atoms with E-state index in [2.05, 4.69) is 10.2 Å². The predicted octanol–water partition coefficient (Wildman–Crippen LogP) is 1.39. The molecule has 0 aromatic heterocycles. The number of carbonyl (C=O) groups excluding carboxylic acids is 1. The predicted molar refractivity (Wildman–Crippen MR) is 48.9 cm³/mol. The summed E-state index contributed by atoms with van der Waals surface area (Å²) < 4.78 is 4.99. The highest BCUT2D eigenvalue weighted by molar-refractivity contribution is 5.66. The van der Waals surface area contributed by atoms with Crippen molar-refractivity contribution in [2.45, 2.75) is 6.54 Å². The molecule has 0 atom stereocenters. The van der Waals surface area contributed by atoms with Crippen LogP contribution in [0.5, 0.6) is 5.75 Å². The highest BCUT2D eigenvalue weighted by Crippen LogP contribution is 2.11. The summed E-state index contributed by atoms with van der Waals surface area (Å²) >= 11 is 0. The SMILES string of the molecule is COc1cccc(CNC(=O)OO)c1. The monoisotopic (exact) mass is 197 g/mol. The zero-order valence-electron chi connectivity index (χ0n) is 7.69. The number of methoxy groups -OCH3 is 1. The topological polar surface area (TPSA) is 67.8 Å². The van der Waals surface area contributed by atoms with E-state index in [1.54, 1.807) is 25.3 Å². The molecule has 0 fully saturated rings. The molecule has 0 spiro atoms. The maximum absolute atomic E-state index is 10.5. The van der Waals surface area contributed by atoms with Crippen molar-refractivity contribution < 1.29 is 19.7 Å². The molecule has 76 valence electrons. The van der Waals surface area contributed by atoms with Crippen LogP contribution in [0.1, 0.15) is 5.56 Å². The molecule has 1 aromatic carbocycles. The van der Waals surface area contributed by atoms with Crippen LogP contribution in [0.3, 0.4) is 0 Å². The highest BCUT2D eigenvalue weighted by Gasteiger charge is 2.00. The second-order valence-corrected chi connectivity index (χ2v) is 2.58. The summed E-state index contributed by atoms with van der Waals surface area (Å²) in [6.45, 7) is 0.274. The number of hydrogen-bond acceptors (Lipinski definition) is 4. The number of rotatable bonds is 3. The second kappa shape index (κ2) is 5.08. The Bertz CT molecular complexity index is 313. The van der Waals surface area contributed by atoms with E-state index in [9.17, 15) is 4.79 Å². The van der Waals surface area contributed by atoms with E-state index >= 15 is 0 Å². The standard InChI is InChI=1S/C9H11NO4/c1-13-8-4-2-3-7(5-8)6-10-9(11)14-12/h2-5,12H,6H2,1H3,(H,10,11). The van der Waals surface area contributed by atoms with Gasteiger partial charge in [0, 0.05) is 6.54 Å². The summed E-state index contributed by atoms with van der Waals surface area (Å²) in [6, 6.07) is 7.20. The van der Waals surface area contributed by atoms with Gasteiger partial charge in [0.15, 0.2) is 0 Å². The highest BCUT2D eigenvalue weighted by atomic mass is 17.1. The van der Waals surface area contributed by atoms with E-state index in [4.69, 9.17) is 9.99 Å². The third-order valence-corrected chi connectivity index (χ3v) is 1.65. The summed E-state index contributed by atoms with van der Waals surface area (Å²) in [6.07, 6.45) is -0.882. The maximum Gasteiger partial charge on any atom is 0.438 e. The third kappa shape index (κ3) is 2.95. The molecule has 1 aromatic rings. The maximum atomic E-state index is 10.5. The largest absolute Gasteiger partial charge is 0.497 e. The van der Waals surface area contributed by atoms with Gasteiger partial charge in [-0.3, -0.25) is 4.89 Å². The second-order valence-electron chi connectivity index (χ2n) is 2.58. The molecule has 5 nitrogen and oxygen atoms in total. The number of amides is 1. The first-order valence-corrected chi connectivity index (χ1v) is 3.98. The first-order chi connectivity index (χ1) is 6.76. The van der Waals surface area contributed by atoms with Crippen molar-refractivity contribution in [1.82, 2.24) is 5.32 Å². The van der Waals surface area contributed by atoms with Gasteiger partial charge in [0.2, 0.25) is 0 Å². The van der Waals surface area contributed by atoms with Gasteiger partial charge in [-0.2, -0.15) is 5.26 Å². The molecule has 0 aliphatic rings. The van der Waals surface area contributed by atoms with E-state index in [1.165, 1.54) is 0 Å². The lowest BCUT2D eigenvalue weighted by Crippen LogP contribution is -2.22. The molecule has 0 bridgehead atoms. The number of hydrogen-bond donors (Lipinski definition) is 2. The molecule has 0 radical (unpaired) electrons. The minimum absolute atomic E-state index is 0.274. The van der Waals surface area contributed by atoms with Crippen molar-refractivity contribution in [2.75, 3.05) is 7.11 Å². The number of carbonyl (C=O) groups is 1. The van der Waals surface area contributed by atoms with Crippen molar-refractivity contribution in [3.05, 3.63) is 29.8 Å². The first kappa shape index (κ1) is 10.3. The third-order valence-electron chi connectivity index (χ3n) is 1.65. The van der Waals surface area contributed by atoms with E-state index < -0.39 is 6.09 Å². The quantitative estimate of drug-likeness (QED) is 0.567. The smallest absolute Gasteiger partial charge is 0.438 e. The Morgan fingerprint density at radius 2 is 2.36 bits per heavy atom. The van der Waals surface area contributed by atoms with Gasteiger partial charge in [0.1, 0.15) is 5.75 Å². The summed E-state index contributed by atoms with van der Waals surface area (Å²) in [5.74, 6) is 0.710. The molecule has 1 amide bonds. The molecule has 2 N–H and O–H groups in total. The minimum Gasteiger partial charge on any atom is -0.497 e. The number of benzene rings is 1. The van der Waals surface area contributed by atoms with Crippen molar-refractivity contribution >= 4 is 6.09 Å². The van der Waals surface area contributed by atoms with Crippen LogP contribution in [-0.4, -0.2) is 18.5 Å². The van der Waals surface area contributed by atoms with Crippen LogP contribution in [0.15, 0.2) is 24.3 Å². The van der Waals surface area contributed by atoms with Crippen LogP contribution < -0.4 is 10.1 Å². The summed E-state index contributed by atoms with van der Waals surface area (Å²) in [5.41, 5.74) is 0.856. The van der Waals surface area contributed by atoms with Gasteiger partial charge in [-0.05, 0) is 17.7 Å². The average Bonchev–Trinajstić information content (AvgIpc) is 2.26. The first-order valence-electron chi connectivity index (χ1n) is 3.98. The van der Waals surface area contributed by atoms with Gasteiger partial charge in [0.05, 0.1) is 7.11 Å². The fourth-order valence-electron chi connectivity index (χ4n) is 0.989. The van der Waals surface area contributed by atoms with Crippen molar-refractivity contribution in [2.24, 2.45) is 0 Å². The Labute approximate surface area is 81.2 Å². The average molecular weight is 197 g/mol. The van der Waals surface area contributed by atoms with Crippen molar-refractivity contribution in [1.29, 1.82) is 0 Å². The summed E-state index contributed by atoms with van der Waals surface area (Å²) in [5, 5.41) is 10.3. The van der Waals surface area contributed by atoms with Crippen LogP contribution in [0, 0.1) is 0 Å². The van der Waals surface area contributed by atoms with Gasteiger partial charge < -0.3 is 10.1 Å². The molecule has 0 saturated carbocycles. The van der Waals surface area contributed by atoms with Gasteiger partial charge in [-0.15, -0.1) is 0 Å². The van der Waals surface area contributed by atoms with Crippen LogP contribution in [0.2, 0.25) is 0 Å². The molecule has 5 heteroatoms. The van der Waals surface area contributed by atoms with Crippen LogP contribution in [-0.2, 0) is 11.4 Å². The number of nitrogens with one attached hydrogen (secondary N) is 1. The molecule has 0 aliphatic carbocycles. The zero-order chi connectivity index (χ0) is 10.4. The normalized spacial score (nSPS) is 9.29. The molecule has 0 unspecified atom stereocenters. The lowest BCUT2D eigenvalue weighted by atomic mass is 10.2. The van der Waals surface area contributed by atoms with E-state index in [1.807, 2.05) is 6.07 Å². The Morgan fingerprint density at radius 3 is 3.00 bits per heavy atom. The molecular formula is C9H11NO4. The summed E-state index contributed by atoms with van der Waals surface area (Å²) in [7, 11) is 1.56. The zero-order valence-corrected chi connectivity index (χ0v) is 7.69. The Morgan fingerprint density at radius 1 is 1.57 bits per heavy atom. The van der Waals surface area contributed by atoms with E-state index in [0.29, 0.717) is 5.75 Å².